The molecule has 0 aliphatic heterocycles. The average molecular weight is 1060 g/mol. The first-order chi connectivity index (χ1) is 37.0. The number of rotatable bonds is 64. The van der Waals surface area contributed by atoms with E-state index < -0.39 is 12.1 Å². The van der Waals surface area contributed by atoms with Crippen molar-refractivity contribution in [3.8, 4) is 0 Å². The molecular weight excluding hydrogens is 923 g/mol. The van der Waals surface area contributed by atoms with Crippen LogP contribution in [-0.2, 0) is 14.3 Å². The molecule has 0 saturated carbocycles. The van der Waals surface area contributed by atoms with Crippen LogP contribution < -0.4 is 5.32 Å². The lowest BCUT2D eigenvalue weighted by Gasteiger charge is -2.22. The zero-order chi connectivity index (χ0) is 54.3. The number of esters is 1. The highest BCUT2D eigenvalue weighted by Crippen LogP contribution is 2.18. The van der Waals surface area contributed by atoms with E-state index >= 15 is 0 Å². The predicted molar refractivity (Wildman–Crippen MR) is 329 cm³/mol. The fourth-order valence-corrected chi connectivity index (χ4v) is 10.7. The third-order valence-electron chi connectivity index (χ3n) is 16.0. The van der Waals surface area contributed by atoms with Crippen LogP contribution in [0.4, 0.5) is 0 Å². The van der Waals surface area contributed by atoms with Crippen molar-refractivity contribution in [1.29, 1.82) is 0 Å². The molecule has 0 aliphatic rings. The van der Waals surface area contributed by atoms with Gasteiger partial charge in [0.15, 0.2) is 0 Å². The van der Waals surface area contributed by atoms with Crippen LogP contribution >= 0.6 is 0 Å². The Kier molecular flexibility index (Phi) is 63.4. The van der Waals surface area contributed by atoms with Crippen LogP contribution in [0.5, 0.6) is 0 Å². The molecule has 2 unspecified atom stereocenters. The number of hydrogen-bond donors (Lipinski definition) is 3. The van der Waals surface area contributed by atoms with Crippen LogP contribution in [0.2, 0.25) is 0 Å². The van der Waals surface area contributed by atoms with Crippen LogP contribution in [0.25, 0.3) is 0 Å². The molecule has 0 aromatic carbocycles. The van der Waals surface area contributed by atoms with E-state index in [9.17, 15) is 19.8 Å². The van der Waals surface area contributed by atoms with Crippen LogP contribution in [0.3, 0.4) is 0 Å². The minimum Gasteiger partial charge on any atom is -0.466 e. The van der Waals surface area contributed by atoms with Gasteiger partial charge in [-0.15, -0.1) is 0 Å². The van der Waals surface area contributed by atoms with E-state index in [1.165, 1.54) is 302 Å². The number of carbonyl (C=O) groups excluding carboxylic acids is 2. The van der Waals surface area contributed by atoms with Gasteiger partial charge in [-0.2, -0.15) is 0 Å². The molecule has 0 fully saturated rings. The number of carbonyl (C=O) groups is 2. The lowest BCUT2D eigenvalue weighted by Crippen LogP contribution is -2.45. The lowest BCUT2D eigenvalue weighted by atomic mass is 10.0. The first-order valence-corrected chi connectivity index (χ1v) is 34.1. The lowest BCUT2D eigenvalue weighted by molar-refractivity contribution is -0.143. The van der Waals surface area contributed by atoms with Crippen molar-refractivity contribution >= 4 is 11.9 Å². The molecule has 0 aromatic rings. The number of allylic oxidation sites excluding steroid dienone is 4. The third-order valence-corrected chi connectivity index (χ3v) is 16.0. The molecule has 75 heavy (non-hydrogen) atoms. The maximum absolute atomic E-state index is 12.5. The number of hydrogen-bond acceptors (Lipinski definition) is 5. The van der Waals surface area contributed by atoms with Crippen LogP contribution in [0.1, 0.15) is 380 Å². The molecule has 0 radical (unpaired) electrons. The second-order valence-corrected chi connectivity index (χ2v) is 23.5. The van der Waals surface area contributed by atoms with Gasteiger partial charge in [-0.3, -0.25) is 9.59 Å². The highest BCUT2D eigenvalue weighted by molar-refractivity contribution is 5.76. The Balaban J connectivity index is 3.34. The summed E-state index contributed by atoms with van der Waals surface area (Å²) in [6, 6.07) is -0.539. The fourth-order valence-electron chi connectivity index (χ4n) is 10.7. The summed E-state index contributed by atoms with van der Waals surface area (Å²) in [6.07, 6.45) is 80.8. The van der Waals surface area contributed by atoms with Crippen molar-refractivity contribution in [2.45, 2.75) is 392 Å². The summed E-state index contributed by atoms with van der Waals surface area (Å²) in [5.74, 6) is -0.0195. The van der Waals surface area contributed by atoms with Crippen molar-refractivity contribution < 1.29 is 24.5 Å². The maximum atomic E-state index is 12.5. The molecule has 6 nitrogen and oxygen atoms in total. The van der Waals surface area contributed by atoms with Gasteiger partial charge in [0.05, 0.1) is 25.4 Å². The van der Waals surface area contributed by atoms with E-state index in [0.717, 1.165) is 44.9 Å². The number of amides is 1. The minimum atomic E-state index is -0.662. The summed E-state index contributed by atoms with van der Waals surface area (Å²) in [6.45, 7) is 4.97. The Bertz CT molecular complexity index is 1170. The van der Waals surface area contributed by atoms with E-state index in [4.69, 9.17) is 4.74 Å². The molecule has 0 rings (SSSR count). The van der Waals surface area contributed by atoms with Gasteiger partial charge in [0.2, 0.25) is 5.91 Å². The topological polar surface area (TPSA) is 95.9 Å². The highest BCUT2D eigenvalue weighted by atomic mass is 16.5. The van der Waals surface area contributed by atoms with Crippen molar-refractivity contribution in [3.63, 3.8) is 0 Å². The number of aliphatic hydroxyl groups is 2. The Hall–Kier alpha value is -1.66. The van der Waals surface area contributed by atoms with Crippen molar-refractivity contribution in [3.05, 3.63) is 24.3 Å². The number of nitrogens with one attached hydrogen (secondary N) is 1. The zero-order valence-corrected chi connectivity index (χ0v) is 50.8. The summed E-state index contributed by atoms with van der Waals surface area (Å²) in [5, 5.41) is 23.2. The molecule has 3 N–H and O–H groups in total. The van der Waals surface area contributed by atoms with Crippen LogP contribution in [0, 0.1) is 0 Å². The Morgan fingerprint density at radius 2 is 0.627 bits per heavy atom. The summed E-state index contributed by atoms with van der Waals surface area (Å²) in [4.78, 5) is 24.6. The van der Waals surface area contributed by atoms with Gasteiger partial charge in [0.25, 0.3) is 0 Å². The first kappa shape index (κ1) is 73.3. The minimum absolute atomic E-state index is 0.0141. The SMILES string of the molecule is CCCCCCCCC/C=C\CCCCCCCCCC(=O)OCCCCCCCCCCCCCC/C=C\CCCCCCCCCCCCCCCC(=O)NC(CO)C(O)CCCCCCCCCCCCC. The molecule has 0 heterocycles. The Labute approximate surface area is 469 Å². The van der Waals surface area contributed by atoms with Gasteiger partial charge in [-0.1, -0.05) is 314 Å². The van der Waals surface area contributed by atoms with Gasteiger partial charge in [-0.05, 0) is 77.0 Å². The quantitative estimate of drug-likeness (QED) is 0.0320. The normalized spacial score (nSPS) is 12.6. The number of ether oxygens (including phenoxy) is 1. The molecule has 1 amide bonds. The zero-order valence-electron chi connectivity index (χ0n) is 50.8. The molecule has 2 atom stereocenters. The maximum Gasteiger partial charge on any atom is 0.305 e. The third kappa shape index (κ3) is 61.4. The first-order valence-electron chi connectivity index (χ1n) is 34.1. The van der Waals surface area contributed by atoms with Crippen molar-refractivity contribution in [1.82, 2.24) is 5.32 Å². The van der Waals surface area contributed by atoms with E-state index in [1.54, 1.807) is 0 Å². The highest BCUT2D eigenvalue weighted by Gasteiger charge is 2.20. The number of aliphatic hydroxyl groups excluding tert-OH is 2. The predicted octanol–water partition coefficient (Wildman–Crippen LogP) is 21.8. The number of unbranched alkanes of at least 4 members (excludes halogenated alkanes) is 49. The smallest absolute Gasteiger partial charge is 0.305 e. The van der Waals surface area contributed by atoms with Gasteiger partial charge in [0, 0.05) is 12.8 Å². The van der Waals surface area contributed by atoms with Gasteiger partial charge >= 0.3 is 5.97 Å². The fraction of sp³-hybridized carbons (Fsp3) is 0.913. The van der Waals surface area contributed by atoms with E-state index in [1.807, 2.05) is 0 Å². The molecule has 0 aromatic heterocycles. The second-order valence-electron chi connectivity index (χ2n) is 23.5. The molecule has 0 bridgehead atoms. The summed E-state index contributed by atoms with van der Waals surface area (Å²) >= 11 is 0. The van der Waals surface area contributed by atoms with Gasteiger partial charge in [-0.25, -0.2) is 0 Å². The molecule has 6 heteroatoms. The van der Waals surface area contributed by atoms with Crippen LogP contribution in [-0.4, -0.2) is 47.4 Å². The Morgan fingerprint density at radius 3 is 0.947 bits per heavy atom. The Morgan fingerprint density at radius 1 is 0.360 bits per heavy atom. The van der Waals surface area contributed by atoms with Crippen molar-refractivity contribution in [2.75, 3.05) is 13.2 Å². The van der Waals surface area contributed by atoms with Gasteiger partial charge < -0.3 is 20.3 Å². The molecule has 0 aliphatic carbocycles. The largest absolute Gasteiger partial charge is 0.466 e. The summed E-state index contributed by atoms with van der Waals surface area (Å²) < 4.78 is 5.50. The summed E-state index contributed by atoms with van der Waals surface area (Å²) in [5.41, 5.74) is 0. The molecule has 0 spiro atoms. The van der Waals surface area contributed by atoms with E-state index in [-0.39, 0.29) is 18.5 Å². The van der Waals surface area contributed by atoms with Crippen molar-refractivity contribution in [2.24, 2.45) is 0 Å². The van der Waals surface area contributed by atoms with E-state index in [2.05, 4.69) is 43.5 Å². The average Bonchev–Trinajstić information content (AvgIpc) is 3.41. The monoisotopic (exact) mass is 1060 g/mol. The van der Waals surface area contributed by atoms with Crippen LogP contribution in [0.15, 0.2) is 24.3 Å². The molecule has 0 saturated heterocycles. The van der Waals surface area contributed by atoms with Gasteiger partial charge in [0.1, 0.15) is 0 Å². The van der Waals surface area contributed by atoms with E-state index in [0.29, 0.717) is 25.9 Å². The molecule has 444 valence electrons. The summed E-state index contributed by atoms with van der Waals surface area (Å²) in [7, 11) is 0. The standard InChI is InChI=1S/C69H133NO5/c1-3-5-7-9-11-13-15-16-17-18-33-36-39-43-47-51-55-59-63-69(74)75-64-60-56-52-48-44-40-37-34-31-29-27-25-23-21-19-20-22-24-26-28-30-32-35-38-42-46-50-54-58-62-68(73)70-66(65-71)67(72)61-57-53-49-45-41-14-12-10-8-6-4-2/h17-19,21,66-67,71-72H,3-16,20,22-65H2,1-2H3,(H,70,73)/b18-17-,21-19-. The molecular formula is C69H133NO5. The second kappa shape index (κ2) is 64.9.